The Balaban J connectivity index is 2.28. The fourth-order valence-corrected chi connectivity index (χ4v) is 2.78. The average Bonchev–Trinajstić information content (AvgIpc) is 2.81. The first-order valence-electron chi connectivity index (χ1n) is 5.88. The Morgan fingerprint density at radius 2 is 1.88 bits per heavy atom. The van der Waals surface area contributed by atoms with Gasteiger partial charge < -0.3 is 4.74 Å². The Kier molecular flexibility index (Phi) is 3.59. The van der Waals surface area contributed by atoms with Gasteiger partial charge in [-0.3, -0.25) is 11.3 Å². The lowest BCUT2D eigenvalue weighted by Gasteiger charge is -2.36. The summed E-state index contributed by atoms with van der Waals surface area (Å²) >= 11 is 0. The van der Waals surface area contributed by atoms with E-state index in [0.717, 1.165) is 12.8 Å². The maximum absolute atomic E-state index is 5.76. The van der Waals surface area contributed by atoms with Crippen molar-refractivity contribution in [3.63, 3.8) is 0 Å². The standard InChI is InChI=1S/C13H20N2O/c1-16-13(9-5-6-10-13)12(15-14)11-7-3-2-4-8-11/h2-4,7-8,12,15H,5-6,9-10,14H2,1H3. The van der Waals surface area contributed by atoms with Gasteiger partial charge in [0.25, 0.3) is 0 Å². The summed E-state index contributed by atoms with van der Waals surface area (Å²) < 4.78 is 5.76. The molecule has 3 nitrogen and oxygen atoms in total. The topological polar surface area (TPSA) is 47.3 Å². The summed E-state index contributed by atoms with van der Waals surface area (Å²) in [6.45, 7) is 0. The molecule has 1 aliphatic carbocycles. The van der Waals surface area contributed by atoms with Gasteiger partial charge in [-0.05, 0) is 18.4 Å². The molecule has 1 saturated carbocycles. The molecule has 1 atom stereocenters. The monoisotopic (exact) mass is 220 g/mol. The van der Waals surface area contributed by atoms with E-state index in [1.165, 1.54) is 18.4 Å². The summed E-state index contributed by atoms with van der Waals surface area (Å²) in [5.74, 6) is 5.72. The normalized spacial score (nSPS) is 20.9. The number of hydrogen-bond acceptors (Lipinski definition) is 3. The van der Waals surface area contributed by atoms with Crippen molar-refractivity contribution >= 4 is 0 Å². The molecule has 1 aromatic carbocycles. The van der Waals surface area contributed by atoms with Crippen molar-refractivity contribution < 1.29 is 4.74 Å². The van der Waals surface area contributed by atoms with Crippen LogP contribution < -0.4 is 11.3 Å². The second-order valence-electron chi connectivity index (χ2n) is 4.49. The molecule has 3 N–H and O–H groups in total. The van der Waals surface area contributed by atoms with Crippen LogP contribution in [0.1, 0.15) is 37.3 Å². The minimum Gasteiger partial charge on any atom is -0.376 e. The van der Waals surface area contributed by atoms with Crippen molar-refractivity contribution in [2.75, 3.05) is 7.11 Å². The highest BCUT2D eigenvalue weighted by Crippen LogP contribution is 2.42. The van der Waals surface area contributed by atoms with Gasteiger partial charge in [0.05, 0.1) is 11.6 Å². The molecule has 1 fully saturated rings. The molecule has 0 spiro atoms. The predicted molar refractivity (Wildman–Crippen MR) is 64.7 cm³/mol. The van der Waals surface area contributed by atoms with Crippen LogP contribution in [-0.2, 0) is 4.74 Å². The minimum atomic E-state index is -0.129. The van der Waals surface area contributed by atoms with Crippen molar-refractivity contribution in [2.45, 2.75) is 37.3 Å². The largest absolute Gasteiger partial charge is 0.376 e. The summed E-state index contributed by atoms with van der Waals surface area (Å²) in [5.41, 5.74) is 4.00. The van der Waals surface area contributed by atoms with Crippen LogP contribution in [0.2, 0.25) is 0 Å². The molecular weight excluding hydrogens is 200 g/mol. The third-order valence-corrected chi connectivity index (χ3v) is 3.68. The molecule has 16 heavy (non-hydrogen) atoms. The van der Waals surface area contributed by atoms with Crippen LogP contribution in [0, 0.1) is 0 Å². The highest BCUT2D eigenvalue weighted by atomic mass is 16.5. The van der Waals surface area contributed by atoms with Gasteiger partial charge in [-0.1, -0.05) is 43.2 Å². The van der Waals surface area contributed by atoms with E-state index in [0.29, 0.717) is 0 Å². The number of hydrogen-bond donors (Lipinski definition) is 2. The first-order chi connectivity index (χ1) is 7.82. The summed E-state index contributed by atoms with van der Waals surface area (Å²) in [7, 11) is 1.79. The van der Waals surface area contributed by atoms with Crippen LogP contribution in [0.5, 0.6) is 0 Å². The Morgan fingerprint density at radius 1 is 1.25 bits per heavy atom. The molecule has 0 bridgehead atoms. The van der Waals surface area contributed by atoms with Gasteiger partial charge in [0.2, 0.25) is 0 Å². The van der Waals surface area contributed by atoms with Crippen LogP contribution >= 0.6 is 0 Å². The lowest BCUT2D eigenvalue weighted by Crippen LogP contribution is -2.46. The molecule has 1 aliphatic rings. The van der Waals surface area contributed by atoms with Crippen molar-refractivity contribution in [3.8, 4) is 0 Å². The molecule has 0 aromatic heterocycles. The summed E-state index contributed by atoms with van der Waals surface area (Å²) in [4.78, 5) is 0. The zero-order valence-corrected chi connectivity index (χ0v) is 9.78. The van der Waals surface area contributed by atoms with Gasteiger partial charge in [0, 0.05) is 7.11 Å². The van der Waals surface area contributed by atoms with E-state index in [-0.39, 0.29) is 11.6 Å². The van der Waals surface area contributed by atoms with Crippen molar-refractivity contribution in [2.24, 2.45) is 5.84 Å². The molecule has 0 radical (unpaired) electrons. The van der Waals surface area contributed by atoms with Gasteiger partial charge in [0.1, 0.15) is 0 Å². The van der Waals surface area contributed by atoms with Gasteiger partial charge >= 0.3 is 0 Å². The fraction of sp³-hybridized carbons (Fsp3) is 0.538. The SMILES string of the molecule is COC1(C(NN)c2ccccc2)CCCC1. The highest BCUT2D eigenvalue weighted by molar-refractivity contribution is 5.22. The fourth-order valence-electron chi connectivity index (χ4n) is 2.78. The second kappa shape index (κ2) is 4.95. The Bertz CT molecular complexity index is 320. The summed E-state index contributed by atoms with van der Waals surface area (Å²) in [5, 5.41) is 0. The molecule has 2 rings (SSSR count). The molecule has 0 saturated heterocycles. The maximum Gasteiger partial charge on any atom is 0.0885 e. The van der Waals surface area contributed by atoms with Crippen LogP contribution in [0.4, 0.5) is 0 Å². The Hall–Kier alpha value is -0.900. The van der Waals surface area contributed by atoms with E-state index >= 15 is 0 Å². The van der Waals surface area contributed by atoms with Gasteiger partial charge in [-0.25, -0.2) is 0 Å². The number of benzene rings is 1. The molecule has 88 valence electrons. The first-order valence-corrected chi connectivity index (χ1v) is 5.88. The number of ether oxygens (including phenoxy) is 1. The first kappa shape index (κ1) is 11.6. The predicted octanol–water partition coefficient (Wildman–Crippen LogP) is 2.15. The third-order valence-electron chi connectivity index (χ3n) is 3.68. The van der Waals surface area contributed by atoms with Crippen molar-refractivity contribution in [1.82, 2.24) is 5.43 Å². The van der Waals surface area contributed by atoms with E-state index in [2.05, 4.69) is 17.6 Å². The zero-order chi connectivity index (χ0) is 11.4. The number of nitrogens with one attached hydrogen (secondary N) is 1. The molecule has 1 unspecified atom stereocenters. The van der Waals surface area contributed by atoms with Crippen molar-refractivity contribution in [1.29, 1.82) is 0 Å². The lowest BCUT2D eigenvalue weighted by molar-refractivity contribution is -0.0368. The van der Waals surface area contributed by atoms with Crippen LogP contribution in [0.25, 0.3) is 0 Å². The quantitative estimate of drug-likeness (QED) is 0.604. The summed E-state index contributed by atoms with van der Waals surface area (Å²) in [6, 6.07) is 10.4. The lowest BCUT2D eigenvalue weighted by atomic mass is 9.87. The zero-order valence-electron chi connectivity index (χ0n) is 9.78. The second-order valence-corrected chi connectivity index (χ2v) is 4.49. The van der Waals surface area contributed by atoms with Crippen molar-refractivity contribution in [3.05, 3.63) is 35.9 Å². The minimum absolute atomic E-state index is 0.0844. The van der Waals surface area contributed by atoms with Crippen LogP contribution in [0.3, 0.4) is 0 Å². The van der Waals surface area contributed by atoms with E-state index in [9.17, 15) is 0 Å². The third kappa shape index (κ3) is 1.98. The molecule has 0 aliphatic heterocycles. The summed E-state index contributed by atoms with van der Waals surface area (Å²) in [6.07, 6.45) is 4.60. The van der Waals surface area contributed by atoms with E-state index in [4.69, 9.17) is 10.6 Å². The van der Waals surface area contributed by atoms with E-state index in [1.807, 2.05) is 18.2 Å². The number of rotatable bonds is 4. The number of nitrogens with two attached hydrogens (primary N) is 1. The van der Waals surface area contributed by atoms with Gasteiger partial charge in [-0.2, -0.15) is 0 Å². The maximum atomic E-state index is 5.76. The molecule has 3 heteroatoms. The number of methoxy groups -OCH3 is 1. The highest BCUT2D eigenvalue weighted by Gasteiger charge is 2.41. The van der Waals surface area contributed by atoms with E-state index in [1.54, 1.807) is 7.11 Å². The smallest absolute Gasteiger partial charge is 0.0885 e. The van der Waals surface area contributed by atoms with E-state index < -0.39 is 0 Å². The Labute approximate surface area is 97.0 Å². The average molecular weight is 220 g/mol. The molecule has 0 amide bonds. The van der Waals surface area contributed by atoms with Crippen LogP contribution in [0.15, 0.2) is 30.3 Å². The molecule has 1 aromatic rings. The number of hydrazine groups is 1. The Morgan fingerprint density at radius 3 is 2.38 bits per heavy atom. The van der Waals surface area contributed by atoms with Gasteiger partial charge in [-0.15, -0.1) is 0 Å². The molecular formula is C13H20N2O. The van der Waals surface area contributed by atoms with Crippen LogP contribution in [-0.4, -0.2) is 12.7 Å². The van der Waals surface area contributed by atoms with Gasteiger partial charge in [0.15, 0.2) is 0 Å². The molecule has 0 heterocycles.